The van der Waals surface area contributed by atoms with Crippen LogP contribution in [-0.4, -0.2) is 37.7 Å². The molecule has 0 bridgehead atoms. The van der Waals surface area contributed by atoms with Gasteiger partial charge >= 0.3 is 0 Å². The fraction of sp³-hybridized carbons (Fsp3) is 0.533. The minimum atomic E-state index is -0.448. The standard InChI is InChI=1S/C15H22ClNO3S/c1-5-12(15(19-3)20-4)17-14(18)10(2)21-13-9-7-6-8-11(13)16/h6-10,12,15H,5H2,1-4H3,(H,17,18)/t10-,12+/m0/s1. The molecule has 0 saturated heterocycles. The van der Waals surface area contributed by atoms with Crippen LogP contribution in [0.4, 0.5) is 0 Å². The quantitative estimate of drug-likeness (QED) is 0.586. The maximum atomic E-state index is 12.3. The van der Waals surface area contributed by atoms with Crippen molar-refractivity contribution < 1.29 is 14.3 Å². The van der Waals surface area contributed by atoms with E-state index < -0.39 is 6.29 Å². The first kappa shape index (κ1) is 18.3. The number of carbonyl (C=O) groups is 1. The van der Waals surface area contributed by atoms with Crippen molar-refractivity contribution in [2.75, 3.05) is 14.2 Å². The predicted octanol–water partition coefficient (Wildman–Crippen LogP) is 3.33. The Morgan fingerprint density at radius 1 is 1.33 bits per heavy atom. The Morgan fingerprint density at radius 3 is 2.48 bits per heavy atom. The van der Waals surface area contributed by atoms with Crippen molar-refractivity contribution in [2.24, 2.45) is 0 Å². The molecule has 0 heterocycles. The van der Waals surface area contributed by atoms with Crippen LogP contribution >= 0.6 is 23.4 Å². The van der Waals surface area contributed by atoms with Gasteiger partial charge in [0.05, 0.1) is 16.3 Å². The van der Waals surface area contributed by atoms with Gasteiger partial charge in [-0.25, -0.2) is 0 Å². The predicted molar refractivity (Wildman–Crippen MR) is 86.8 cm³/mol. The molecule has 2 atom stereocenters. The molecule has 1 N–H and O–H groups in total. The van der Waals surface area contributed by atoms with E-state index in [1.165, 1.54) is 11.8 Å². The summed E-state index contributed by atoms with van der Waals surface area (Å²) in [6.45, 7) is 3.83. The van der Waals surface area contributed by atoms with E-state index in [9.17, 15) is 4.79 Å². The van der Waals surface area contributed by atoms with E-state index in [0.29, 0.717) is 5.02 Å². The third-order valence-corrected chi connectivity index (χ3v) is 4.69. The third-order valence-electron chi connectivity index (χ3n) is 3.07. The zero-order valence-corrected chi connectivity index (χ0v) is 14.3. The molecule has 0 unspecified atom stereocenters. The monoisotopic (exact) mass is 331 g/mol. The highest BCUT2D eigenvalue weighted by atomic mass is 35.5. The van der Waals surface area contributed by atoms with Crippen LogP contribution in [0.1, 0.15) is 20.3 Å². The van der Waals surface area contributed by atoms with Crippen LogP contribution in [0.5, 0.6) is 0 Å². The van der Waals surface area contributed by atoms with Gasteiger partial charge in [0, 0.05) is 19.1 Å². The highest BCUT2D eigenvalue weighted by molar-refractivity contribution is 8.00. The first-order chi connectivity index (χ1) is 10.0. The Bertz CT molecular complexity index is 454. The van der Waals surface area contributed by atoms with Crippen molar-refractivity contribution in [3.05, 3.63) is 29.3 Å². The number of amides is 1. The number of carbonyl (C=O) groups excluding carboxylic acids is 1. The Labute approximate surface area is 135 Å². The summed E-state index contributed by atoms with van der Waals surface area (Å²) in [6, 6.07) is 7.31. The van der Waals surface area contributed by atoms with Gasteiger partial charge in [0.15, 0.2) is 6.29 Å². The van der Waals surface area contributed by atoms with Crippen molar-refractivity contribution >= 4 is 29.3 Å². The molecule has 21 heavy (non-hydrogen) atoms. The van der Waals surface area contributed by atoms with Gasteiger partial charge in [-0.15, -0.1) is 11.8 Å². The molecule has 118 valence electrons. The topological polar surface area (TPSA) is 47.6 Å². The first-order valence-corrected chi connectivity index (χ1v) is 8.06. The molecule has 4 nitrogen and oxygen atoms in total. The molecule has 0 aliphatic heterocycles. The highest BCUT2D eigenvalue weighted by Gasteiger charge is 2.24. The lowest BCUT2D eigenvalue weighted by atomic mass is 10.2. The van der Waals surface area contributed by atoms with Gasteiger partial charge in [-0.05, 0) is 25.5 Å². The van der Waals surface area contributed by atoms with Gasteiger partial charge in [0.25, 0.3) is 0 Å². The molecule has 0 aliphatic rings. The van der Waals surface area contributed by atoms with Gasteiger partial charge < -0.3 is 14.8 Å². The van der Waals surface area contributed by atoms with Crippen LogP contribution in [-0.2, 0) is 14.3 Å². The van der Waals surface area contributed by atoms with E-state index in [2.05, 4.69) is 5.32 Å². The molecule has 0 radical (unpaired) electrons. The van der Waals surface area contributed by atoms with E-state index in [-0.39, 0.29) is 17.2 Å². The van der Waals surface area contributed by atoms with Crippen LogP contribution < -0.4 is 5.32 Å². The molecule has 0 spiro atoms. The van der Waals surface area contributed by atoms with E-state index in [1.807, 2.05) is 38.1 Å². The summed E-state index contributed by atoms with van der Waals surface area (Å²) in [5.41, 5.74) is 0. The zero-order chi connectivity index (χ0) is 15.8. The Morgan fingerprint density at radius 2 is 1.95 bits per heavy atom. The van der Waals surface area contributed by atoms with E-state index >= 15 is 0 Å². The number of rotatable bonds is 8. The number of methoxy groups -OCH3 is 2. The van der Waals surface area contributed by atoms with Gasteiger partial charge in [-0.3, -0.25) is 4.79 Å². The van der Waals surface area contributed by atoms with Crippen LogP contribution in [0.3, 0.4) is 0 Å². The van der Waals surface area contributed by atoms with Crippen molar-refractivity contribution in [3.63, 3.8) is 0 Å². The van der Waals surface area contributed by atoms with Crippen LogP contribution in [0.25, 0.3) is 0 Å². The van der Waals surface area contributed by atoms with Gasteiger partial charge in [0.2, 0.25) is 5.91 Å². The molecule has 0 saturated carbocycles. The Hall–Kier alpha value is -0.750. The smallest absolute Gasteiger partial charge is 0.233 e. The number of benzene rings is 1. The fourth-order valence-electron chi connectivity index (χ4n) is 1.87. The van der Waals surface area contributed by atoms with E-state index in [4.69, 9.17) is 21.1 Å². The lowest BCUT2D eigenvalue weighted by Crippen LogP contribution is -2.47. The van der Waals surface area contributed by atoms with Crippen LogP contribution in [0.15, 0.2) is 29.2 Å². The van der Waals surface area contributed by atoms with Crippen molar-refractivity contribution in [3.8, 4) is 0 Å². The lowest BCUT2D eigenvalue weighted by molar-refractivity contribution is -0.137. The van der Waals surface area contributed by atoms with Crippen molar-refractivity contribution in [1.82, 2.24) is 5.32 Å². The van der Waals surface area contributed by atoms with Crippen molar-refractivity contribution in [2.45, 2.75) is 42.7 Å². The fourth-order valence-corrected chi connectivity index (χ4v) is 3.03. The summed E-state index contributed by atoms with van der Waals surface area (Å²) in [6.07, 6.45) is 0.276. The van der Waals surface area contributed by atoms with E-state index in [0.717, 1.165) is 11.3 Å². The van der Waals surface area contributed by atoms with Gasteiger partial charge in [-0.2, -0.15) is 0 Å². The summed E-state index contributed by atoms with van der Waals surface area (Å²) < 4.78 is 10.4. The summed E-state index contributed by atoms with van der Waals surface area (Å²) in [7, 11) is 3.12. The van der Waals surface area contributed by atoms with Crippen LogP contribution in [0.2, 0.25) is 5.02 Å². The highest BCUT2D eigenvalue weighted by Crippen LogP contribution is 2.30. The second-order valence-electron chi connectivity index (χ2n) is 4.55. The molecule has 0 aromatic heterocycles. The average Bonchev–Trinajstić information content (AvgIpc) is 2.49. The zero-order valence-electron chi connectivity index (χ0n) is 12.8. The average molecular weight is 332 g/mol. The Balaban J connectivity index is 2.63. The maximum Gasteiger partial charge on any atom is 0.233 e. The number of hydrogen-bond donors (Lipinski definition) is 1. The summed E-state index contributed by atoms with van der Waals surface area (Å²) in [5.74, 6) is -0.0640. The minimum Gasteiger partial charge on any atom is -0.354 e. The second kappa shape index (κ2) is 9.30. The number of thioether (sulfide) groups is 1. The maximum absolute atomic E-state index is 12.3. The van der Waals surface area contributed by atoms with Gasteiger partial charge in [0.1, 0.15) is 0 Å². The Kier molecular flexibility index (Phi) is 8.11. The van der Waals surface area contributed by atoms with Crippen LogP contribution in [0, 0.1) is 0 Å². The molecule has 1 rings (SSSR count). The van der Waals surface area contributed by atoms with Gasteiger partial charge in [-0.1, -0.05) is 30.7 Å². The molecular formula is C15H22ClNO3S. The second-order valence-corrected chi connectivity index (χ2v) is 6.34. The number of halogens is 1. The molecule has 6 heteroatoms. The summed E-state index contributed by atoms with van der Waals surface area (Å²) >= 11 is 7.54. The normalized spacial score (nSPS) is 14.0. The molecular weight excluding hydrogens is 310 g/mol. The number of ether oxygens (including phenoxy) is 2. The molecule has 1 aromatic rings. The minimum absolute atomic E-state index is 0.0640. The van der Waals surface area contributed by atoms with E-state index in [1.54, 1.807) is 14.2 Å². The molecule has 0 fully saturated rings. The SMILES string of the molecule is CC[C@@H](NC(=O)[C@H](C)Sc1ccccc1Cl)C(OC)OC. The number of nitrogens with one attached hydrogen (secondary N) is 1. The molecule has 1 aromatic carbocycles. The molecule has 1 amide bonds. The summed E-state index contributed by atoms with van der Waals surface area (Å²) in [4.78, 5) is 13.2. The summed E-state index contributed by atoms with van der Waals surface area (Å²) in [5, 5.41) is 3.35. The lowest BCUT2D eigenvalue weighted by Gasteiger charge is -2.26. The first-order valence-electron chi connectivity index (χ1n) is 6.80. The third kappa shape index (κ3) is 5.51. The number of hydrogen-bond acceptors (Lipinski definition) is 4. The van der Waals surface area contributed by atoms with Crippen molar-refractivity contribution in [1.29, 1.82) is 0 Å². The molecule has 0 aliphatic carbocycles. The largest absolute Gasteiger partial charge is 0.354 e.